The molecule has 110 valence electrons. The van der Waals surface area contributed by atoms with E-state index in [2.05, 4.69) is 21.2 Å². The first-order valence-electron chi connectivity index (χ1n) is 6.22. The van der Waals surface area contributed by atoms with Crippen LogP contribution in [-0.4, -0.2) is 21.4 Å². The molecular weight excluding hydrogens is 354 g/mol. The summed E-state index contributed by atoms with van der Waals surface area (Å²) in [6, 6.07) is 13.1. The third kappa shape index (κ3) is 3.92. The fourth-order valence-corrected chi connectivity index (χ4v) is 3.49. The van der Waals surface area contributed by atoms with Crippen LogP contribution in [0, 0.1) is 0 Å². The van der Waals surface area contributed by atoms with Crippen LogP contribution in [-0.2, 0) is 15.6 Å². The molecule has 0 atom stereocenters. The van der Waals surface area contributed by atoms with E-state index in [4.69, 9.17) is 0 Å². The molecule has 0 unspecified atom stereocenters. The highest BCUT2D eigenvalue weighted by Crippen LogP contribution is 2.19. The van der Waals surface area contributed by atoms with E-state index in [-0.39, 0.29) is 16.6 Å². The summed E-state index contributed by atoms with van der Waals surface area (Å²) in [7, 11) is -1.90. The number of amides is 1. The van der Waals surface area contributed by atoms with Crippen molar-refractivity contribution in [2.45, 2.75) is 10.6 Å². The van der Waals surface area contributed by atoms with Crippen molar-refractivity contribution < 1.29 is 13.2 Å². The Bertz CT molecular complexity index is 755. The van der Waals surface area contributed by atoms with Crippen LogP contribution in [0.3, 0.4) is 0 Å². The van der Waals surface area contributed by atoms with Gasteiger partial charge in [-0.3, -0.25) is 4.79 Å². The number of sulfone groups is 1. The summed E-state index contributed by atoms with van der Waals surface area (Å²) >= 11 is 3.27. The molecule has 0 aliphatic rings. The van der Waals surface area contributed by atoms with Gasteiger partial charge in [0.2, 0.25) is 0 Å². The van der Waals surface area contributed by atoms with E-state index < -0.39 is 9.84 Å². The molecule has 0 aromatic heterocycles. The van der Waals surface area contributed by atoms with Crippen molar-refractivity contribution in [3.8, 4) is 0 Å². The lowest BCUT2D eigenvalue weighted by Crippen LogP contribution is -2.18. The van der Waals surface area contributed by atoms with Gasteiger partial charge in [0.1, 0.15) is 0 Å². The molecule has 1 N–H and O–H groups in total. The minimum Gasteiger partial charge on any atom is -0.355 e. The minimum atomic E-state index is -3.43. The zero-order valence-electron chi connectivity index (χ0n) is 11.3. The highest BCUT2D eigenvalue weighted by Gasteiger charge is 2.16. The van der Waals surface area contributed by atoms with Gasteiger partial charge in [0.15, 0.2) is 9.84 Å². The maximum absolute atomic E-state index is 12.3. The highest BCUT2D eigenvalue weighted by atomic mass is 79.9. The first-order chi connectivity index (χ1) is 9.92. The number of rotatable bonds is 4. The molecule has 2 rings (SSSR count). The van der Waals surface area contributed by atoms with Gasteiger partial charge in [-0.05, 0) is 42.0 Å². The first kappa shape index (κ1) is 15.7. The largest absolute Gasteiger partial charge is 0.355 e. The van der Waals surface area contributed by atoms with Crippen LogP contribution in [0.2, 0.25) is 0 Å². The van der Waals surface area contributed by atoms with Crippen molar-refractivity contribution in [3.63, 3.8) is 0 Å². The zero-order chi connectivity index (χ0) is 15.5. The standard InChI is InChI=1S/C15H14BrNO3S/c1-17-15(18)12-4-2-3-11(9-12)10-21(19,20)14-7-5-13(16)6-8-14/h2-9H,10H2,1H3,(H,17,18). The summed E-state index contributed by atoms with van der Waals surface area (Å²) in [4.78, 5) is 11.8. The van der Waals surface area contributed by atoms with E-state index >= 15 is 0 Å². The molecule has 2 aromatic rings. The molecule has 0 aliphatic heterocycles. The summed E-state index contributed by atoms with van der Waals surface area (Å²) in [5, 5.41) is 2.52. The van der Waals surface area contributed by atoms with E-state index in [0.29, 0.717) is 11.1 Å². The second-order valence-corrected chi connectivity index (χ2v) is 7.40. The Kier molecular flexibility index (Phi) is 4.80. The molecule has 1 amide bonds. The van der Waals surface area contributed by atoms with Crippen LogP contribution in [0.25, 0.3) is 0 Å². The Morgan fingerprint density at radius 3 is 2.43 bits per heavy atom. The molecule has 0 saturated carbocycles. The first-order valence-corrected chi connectivity index (χ1v) is 8.66. The van der Waals surface area contributed by atoms with E-state index in [1.165, 1.54) is 7.05 Å². The van der Waals surface area contributed by atoms with Gasteiger partial charge in [-0.15, -0.1) is 0 Å². The molecule has 0 fully saturated rings. The number of carbonyl (C=O) groups is 1. The molecule has 2 aromatic carbocycles. The number of carbonyl (C=O) groups excluding carboxylic acids is 1. The van der Waals surface area contributed by atoms with Crippen molar-refractivity contribution in [2.75, 3.05) is 7.05 Å². The molecule has 4 nitrogen and oxygen atoms in total. The summed E-state index contributed by atoms with van der Waals surface area (Å²) in [5.41, 5.74) is 1.03. The van der Waals surface area contributed by atoms with Crippen molar-refractivity contribution in [3.05, 3.63) is 64.1 Å². The number of hydrogen-bond donors (Lipinski definition) is 1. The topological polar surface area (TPSA) is 63.2 Å². The van der Waals surface area contributed by atoms with Gasteiger partial charge in [0, 0.05) is 17.1 Å². The summed E-state index contributed by atoms with van der Waals surface area (Å²) in [6.07, 6.45) is 0. The fourth-order valence-electron chi connectivity index (χ4n) is 1.89. The summed E-state index contributed by atoms with van der Waals surface area (Å²) in [5.74, 6) is -0.377. The van der Waals surface area contributed by atoms with Gasteiger partial charge < -0.3 is 5.32 Å². The lowest BCUT2D eigenvalue weighted by molar-refractivity contribution is 0.0963. The lowest BCUT2D eigenvalue weighted by Gasteiger charge is -2.07. The quantitative estimate of drug-likeness (QED) is 0.903. The van der Waals surface area contributed by atoms with E-state index in [1.54, 1.807) is 48.5 Å². The van der Waals surface area contributed by atoms with Crippen LogP contribution in [0.5, 0.6) is 0 Å². The SMILES string of the molecule is CNC(=O)c1cccc(CS(=O)(=O)c2ccc(Br)cc2)c1. The van der Waals surface area contributed by atoms with Crippen molar-refractivity contribution in [1.29, 1.82) is 0 Å². The van der Waals surface area contributed by atoms with E-state index in [1.807, 2.05) is 0 Å². The van der Waals surface area contributed by atoms with Crippen molar-refractivity contribution in [1.82, 2.24) is 5.32 Å². The van der Waals surface area contributed by atoms with Crippen molar-refractivity contribution in [2.24, 2.45) is 0 Å². The van der Waals surface area contributed by atoms with Crippen LogP contribution in [0.1, 0.15) is 15.9 Å². The molecule has 0 saturated heterocycles. The maximum Gasteiger partial charge on any atom is 0.251 e. The second kappa shape index (κ2) is 6.41. The predicted octanol–water partition coefficient (Wildman–Crippen LogP) is 2.78. The number of benzene rings is 2. The van der Waals surface area contributed by atoms with Gasteiger partial charge in [-0.25, -0.2) is 8.42 Å². The monoisotopic (exact) mass is 367 g/mol. The van der Waals surface area contributed by atoms with Gasteiger partial charge >= 0.3 is 0 Å². The molecule has 21 heavy (non-hydrogen) atoms. The smallest absolute Gasteiger partial charge is 0.251 e. The average Bonchev–Trinajstić information content (AvgIpc) is 2.46. The predicted molar refractivity (Wildman–Crippen MR) is 84.9 cm³/mol. The highest BCUT2D eigenvalue weighted by molar-refractivity contribution is 9.10. The third-order valence-corrected chi connectivity index (χ3v) is 5.18. The lowest BCUT2D eigenvalue weighted by atomic mass is 10.1. The summed E-state index contributed by atoms with van der Waals surface area (Å²) in [6.45, 7) is 0. The third-order valence-electron chi connectivity index (χ3n) is 2.95. The normalized spacial score (nSPS) is 11.1. The number of halogens is 1. The molecule has 0 heterocycles. The number of hydrogen-bond acceptors (Lipinski definition) is 3. The maximum atomic E-state index is 12.3. The van der Waals surface area contributed by atoms with Crippen LogP contribution >= 0.6 is 15.9 Å². The average molecular weight is 368 g/mol. The zero-order valence-corrected chi connectivity index (χ0v) is 13.7. The Balaban J connectivity index is 2.28. The number of nitrogens with one attached hydrogen (secondary N) is 1. The van der Waals surface area contributed by atoms with Crippen molar-refractivity contribution >= 4 is 31.7 Å². The van der Waals surface area contributed by atoms with Gasteiger partial charge in [-0.1, -0.05) is 28.1 Å². The Hall–Kier alpha value is -1.66. The van der Waals surface area contributed by atoms with E-state index in [9.17, 15) is 13.2 Å². The van der Waals surface area contributed by atoms with Crippen LogP contribution < -0.4 is 5.32 Å². The van der Waals surface area contributed by atoms with Crippen LogP contribution in [0.4, 0.5) is 0 Å². The van der Waals surface area contributed by atoms with Gasteiger partial charge in [0.05, 0.1) is 10.6 Å². The van der Waals surface area contributed by atoms with Gasteiger partial charge in [0.25, 0.3) is 5.91 Å². The fraction of sp³-hybridized carbons (Fsp3) is 0.133. The second-order valence-electron chi connectivity index (χ2n) is 4.49. The molecule has 6 heteroatoms. The summed E-state index contributed by atoms with van der Waals surface area (Å²) < 4.78 is 25.5. The Morgan fingerprint density at radius 1 is 1.14 bits per heavy atom. The Morgan fingerprint density at radius 2 is 1.81 bits per heavy atom. The molecular formula is C15H14BrNO3S. The minimum absolute atomic E-state index is 0.139. The Labute approximate surface area is 132 Å². The molecule has 0 bridgehead atoms. The van der Waals surface area contributed by atoms with Gasteiger partial charge in [-0.2, -0.15) is 0 Å². The molecule has 0 radical (unpaired) electrons. The van der Waals surface area contributed by atoms with E-state index in [0.717, 1.165) is 4.47 Å². The molecule has 0 spiro atoms. The molecule has 0 aliphatic carbocycles. The van der Waals surface area contributed by atoms with Crippen LogP contribution in [0.15, 0.2) is 57.9 Å².